The van der Waals surface area contributed by atoms with Gasteiger partial charge in [-0.15, -0.1) is 0 Å². The predicted molar refractivity (Wildman–Crippen MR) is 63.3 cm³/mol. The van der Waals surface area contributed by atoms with Gasteiger partial charge in [-0.3, -0.25) is 0 Å². The maximum absolute atomic E-state index is 5.92. The van der Waals surface area contributed by atoms with Crippen molar-refractivity contribution in [3.05, 3.63) is 11.7 Å². The Balaban J connectivity index is 1.82. The van der Waals surface area contributed by atoms with Gasteiger partial charge < -0.3 is 19.7 Å². The van der Waals surface area contributed by atoms with E-state index in [2.05, 4.69) is 10.1 Å². The molecule has 6 heteroatoms. The van der Waals surface area contributed by atoms with E-state index in [0.29, 0.717) is 32.3 Å². The molecule has 2 aliphatic rings. The van der Waals surface area contributed by atoms with Gasteiger partial charge in [0.1, 0.15) is 0 Å². The van der Waals surface area contributed by atoms with E-state index in [4.69, 9.17) is 19.7 Å². The molecule has 3 rings (SSSR count). The van der Waals surface area contributed by atoms with Gasteiger partial charge in [-0.05, 0) is 19.3 Å². The van der Waals surface area contributed by atoms with Crippen LogP contribution in [0.4, 0.5) is 0 Å². The molecule has 2 N–H and O–H groups in total. The summed E-state index contributed by atoms with van der Waals surface area (Å²) < 4.78 is 16.2. The van der Waals surface area contributed by atoms with Crippen LogP contribution in [-0.4, -0.2) is 43.1 Å². The number of hydrogen-bond donors (Lipinski definition) is 1. The van der Waals surface area contributed by atoms with Crippen molar-refractivity contribution in [1.82, 2.24) is 10.1 Å². The normalized spacial score (nSPS) is 27.5. The number of hydrogen-bond acceptors (Lipinski definition) is 6. The topological polar surface area (TPSA) is 83.4 Å². The smallest absolute Gasteiger partial charge is 0.234 e. The molecule has 2 saturated heterocycles. The quantitative estimate of drug-likeness (QED) is 0.848. The third-order valence-corrected chi connectivity index (χ3v) is 4.03. The maximum Gasteiger partial charge on any atom is 0.234 e. The summed E-state index contributed by atoms with van der Waals surface area (Å²) in [7, 11) is 0. The van der Waals surface area contributed by atoms with E-state index < -0.39 is 0 Å². The molecule has 0 aromatic carbocycles. The number of ether oxygens (including phenoxy) is 2. The van der Waals surface area contributed by atoms with Gasteiger partial charge in [-0.25, -0.2) is 0 Å². The minimum absolute atomic E-state index is 0.192. The number of rotatable bonds is 3. The summed E-state index contributed by atoms with van der Waals surface area (Å²) in [5.74, 6) is 1.72. The van der Waals surface area contributed by atoms with Crippen molar-refractivity contribution < 1.29 is 14.0 Å². The van der Waals surface area contributed by atoms with E-state index in [1.807, 2.05) is 0 Å². The monoisotopic (exact) mass is 253 g/mol. The molecular weight excluding hydrogens is 234 g/mol. The van der Waals surface area contributed by atoms with Crippen LogP contribution in [0.3, 0.4) is 0 Å². The van der Waals surface area contributed by atoms with E-state index in [1.165, 1.54) is 0 Å². The van der Waals surface area contributed by atoms with E-state index in [-0.39, 0.29) is 11.3 Å². The zero-order valence-electron chi connectivity index (χ0n) is 10.4. The minimum atomic E-state index is -0.192. The van der Waals surface area contributed by atoms with Crippen LogP contribution in [0.2, 0.25) is 0 Å². The standard InChI is InChI=1S/C12H19N3O3/c13-8-12(2-5-16-6-3-12)11-14-10(15-18-11)9-1-4-17-7-9/h9H,1-8,13H2. The summed E-state index contributed by atoms with van der Waals surface area (Å²) in [6.45, 7) is 3.42. The third-order valence-electron chi connectivity index (χ3n) is 4.03. The van der Waals surface area contributed by atoms with Crippen LogP contribution in [0.25, 0.3) is 0 Å². The second kappa shape index (κ2) is 4.95. The van der Waals surface area contributed by atoms with Crippen LogP contribution in [-0.2, 0) is 14.9 Å². The van der Waals surface area contributed by atoms with Gasteiger partial charge >= 0.3 is 0 Å². The van der Waals surface area contributed by atoms with Crippen molar-refractivity contribution in [3.63, 3.8) is 0 Å². The lowest BCUT2D eigenvalue weighted by molar-refractivity contribution is 0.0409. The second-order valence-electron chi connectivity index (χ2n) is 5.12. The zero-order valence-corrected chi connectivity index (χ0v) is 10.4. The first-order chi connectivity index (χ1) is 8.84. The third kappa shape index (κ3) is 2.04. The molecule has 2 aliphatic heterocycles. The van der Waals surface area contributed by atoms with Crippen molar-refractivity contribution in [2.75, 3.05) is 33.0 Å². The SMILES string of the molecule is NCC1(c2nc(C3CCOC3)no2)CCOCC1. The number of aromatic nitrogens is 2. The van der Waals surface area contributed by atoms with Crippen molar-refractivity contribution in [2.45, 2.75) is 30.6 Å². The zero-order chi connectivity index (χ0) is 12.4. The van der Waals surface area contributed by atoms with Crippen molar-refractivity contribution in [3.8, 4) is 0 Å². The van der Waals surface area contributed by atoms with Gasteiger partial charge in [0.25, 0.3) is 0 Å². The first-order valence-corrected chi connectivity index (χ1v) is 6.54. The average molecular weight is 253 g/mol. The summed E-state index contributed by atoms with van der Waals surface area (Å²) in [5, 5.41) is 4.10. The molecule has 0 bridgehead atoms. The Morgan fingerprint density at radius 2 is 2.06 bits per heavy atom. The van der Waals surface area contributed by atoms with E-state index >= 15 is 0 Å². The summed E-state index contributed by atoms with van der Waals surface area (Å²) in [6, 6.07) is 0. The molecule has 100 valence electrons. The lowest BCUT2D eigenvalue weighted by atomic mass is 9.80. The number of nitrogens with two attached hydrogens (primary N) is 1. The summed E-state index contributed by atoms with van der Waals surface area (Å²) in [4.78, 5) is 4.57. The van der Waals surface area contributed by atoms with Gasteiger partial charge in [0.15, 0.2) is 5.82 Å². The Hall–Kier alpha value is -0.980. The highest BCUT2D eigenvalue weighted by molar-refractivity contribution is 5.09. The molecule has 0 radical (unpaired) electrons. The van der Waals surface area contributed by atoms with Crippen molar-refractivity contribution >= 4 is 0 Å². The molecule has 0 saturated carbocycles. The van der Waals surface area contributed by atoms with Gasteiger partial charge in [-0.2, -0.15) is 4.98 Å². The largest absolute Gasteiger partial charge is 0.381 e. The van der Waals surface area contributed by atoms with E-state index in [0.717, 1.165) is 31.7 Å². The maximum atomic E-state index is 5.92. The lowest BCUT2D eigenvalue weighted by Gasteiger charge is -2.32. The second-order valence-corrected chi connectivity index (χ2v) is 5.12. The molecule has 0 spiro atoms. The van der Waals surface area contributed by atoms with E-state index in [1.54, 1.807) is 0 Å². The molecule has 0 amide bonds. The summed E-state index contributed by atoms with van der Waals surface area (Å²) in [5.41, 5.74) is 5.73. The van der Waals surface area contributed by atoms with E-state index in [9.17, 15) is 0 Å². The molecule has 2 fully saturated rings. The fourth-order valence-electron chi connectivity index (χ4n) is 2.62. The molecule has 0 aliphatic carbocycles. The fraction of sp³-hybridized carbons (Fsp3) is 0.833. The van der Waals surface area contributed by atoms with Gasteiger partial charge in [-0.1, -0.05) is 5.16 Å². The molecule has 1 aromatic rings. The Morgan fingerprint density at radius 1 is 1.22 bits per heavy atom. The predicted octanol–water partition coefficient (Wildman–Crippen LogP) is 0.580. The molecule has 1 aromatic heterocycles. The average Bonchev–Trinajstić information content (AvgIpc) is 3.10. The van der Waals surface area contributed by atoms with Crippen LogP contribution in [0.1, 0.15) is 36.9 Å². The van der Waals surface area contributed by atoms with Crippen molar-refractivity contribution in [1.29, 1.82) is 0 Å². The Labute approximate surface area is 106 Å². The summed E-state index contributed by atoms with van der Waals surface area (Å²) >= 11 is 0. The number of nitrogens with zero attached hydrogens (tertiary/aromatic N) is 2. The van der Waals surface area contributed by atoms with Crippen LogP contribution in [0, 0.1) is 0 Å². The Bertz CT molecular complexity index is 395. The van der Waals surface area contributed by atoms with Crippen LogP contribution in [0.5, 0.6) is 0 Å². The highest BCUT2D eigenvalue weighted by Crippen LogP contribution is 2.34. The fourth-order valence-corrected chi connectivity index (χ4v) is 2.62. The first-order valence-electron chi connectivity index (χ1n) is 6.54. The minimum Gasteiger partial charge on any atom is -0.381 e. The van der Waals surface area contributed by atoms with Crippen LogP contribution < -0.4 is 5.73 Å². The van der Waals surface area contributed by atoms with Crippen LogP contribution >= 0.6 is 0 Å². The molecule has 1 unspecified atom stereocenters. The molecule has 18 heavy (non-hydrogen) atoms. The lowest BCUT2D eigenvalue weighted by Crippen LogP contribution is -2.41. The van der Waals surface area contributed by atoms with Crippen LogP contribution in [0.15, 0.2) is 4.52 Å². The van der Waals surface area contributed by atoms with Gasteiger partial charge in [0.2, 0.25) is 5.89 Å². The molecule has 3 heterocycles. The molecule has 1 atom stereocenters. The highest BCUT2D eigenvalue weighted by atomic mass is 16.5. The van der Waals surface area contributed by atoms with Gasteiger partial charge in [0.05, 0.1) is 12.0 Å². The van der Waals surface area contributed by atoms with Gasteiger partial charge in [0, 0.05) is 32.3 Å². The molecule has 6 nitrogen and oxygen atoms in total. The Morgan fingerprint density at radius 3 is 2.72 bits per heavy atom. The summed E-state index contributed by atoms with van der Waals surface area (Å²) in [6.07, 6.45) is 2.68. The first kappa shape index (κ1) is 12.1. The molecular formula is C12H19N3O3. The highest BCUT2D eigenvalue weighted by Gasteiger charge is 2.39. The Kier molecular flexibility index (Phi) is 3.32. The van der Waals surface area contributed by atoms with Crippen molar-refractivity contribution in [2.24, 2.45) is 5.73 Å².